The monoisotopic (exact) mass is 292 g/mol. The number of benzene rings is 2. The zero-order chi connectivity index (χ0) is 15.4. The normalized spacial score (nSPS) is 14.5. The highest BCUT2D eigenvalue weighted by Crippen LogP contribution is 2.39. The second-order valence-electron chi connectivity index (χ2n) is 5.95. The number of hydrogen-bond donors (Lipinski definition) is 0. The van der Waals surface area contributed by atoms with Crippen LogP contribution in [0.2, 0.25) is 0 Å². The fraction of sp³-hybridized carbons (Fsp3) is 0.333. The summed E-state index contributed by atoms with van der Waals surface area (Å²) in [5.74, 6) is 0.970. The predicted molar refractivity (Wildman–Crippen MR) is 94.1 cm³/mol. The van der Waals surface area contributed by atoms with Gasteiger partial charge in [-0.1, -0.05) is 49.7 Å². The van der Waals surface area contributed by atoms with Crippen molar-refractivity contribution < 1.29 is 4.74 Å². The summed E-state index contributed by atoms with van der Waals surface area (Å²) in [5, 5.41) is 0. The SMILES string of the molecule is CCCC1=C(c2ccccc2)CCCc2cc(OC)ccc21. The van der Waals surface area contributed by atoms with Gasteiger partial charge in [0.05, 0.1) is 7.11 Å². The lowest BCUT2D eigenvalue weighted by atomic mass is 9.90. The highest BCUT2D eigenvalue weighted by Gasteiger charge is 2.18. The first-order chi connectivity index (χ1) is 10.8. The standard InChI is InChI=1S/C21H24O/c1-3-8-21-19(16-9-5-4-6-10-16)12-7-11-17-15-18(22-2)13-14-20(17)21/h4-6,9-10,13-15H,3,7-8,11-12H2,1-2H3. The van der Waals surface area contributed by atoms with E-state index in [1.807, 2.05) is 0 Å². The Morgan fingerprint density at radius 1 is 1.00 bits per heavy atom. The van der Waals surface area contributed by atoms with Crippen molar-refractivity contribution in [3.63, 3.8) is 0 Å². The number of fused-ring (bicyclic) bond motifs is 1. The number of aryl methyl sites for hydroxylation is 1. The molecule has 0 N–H and O–H groups in total. The van der Waals surface area contributed by atoms with Gasteiger partial charge in [-0.15, -0.1) is 0 Å². The van der Waals surface area contributed by atoms with Gasteiger partial charge in [0, 0.05) is 0 Å². The summed E-state index contributed by atoms with van der Waals surface area (Å²) in [5.41, 5.74) is 7.32. The van der Waals surface area contributed by atoms with Gasteiger partial charge in [-0.2, -0.15) is 0 Å². The number of rotatable bonds is 4. The van der Waals surface area contributed by atoms with Crippen molar-refractivity contribution in [3.05, 3.63) is 65.2 Å². The molecule has 1 nitrogen and oxygen atoms in total. The van der Waals surface area contributed by atoms with Crippen LogP contribution in [0, 0.1) is 0 Å². The molecule has 0 heterocycles. The first-order valence-corrected chi connectivity index (χ1v) is 8.28. The van der Waals surface area contributed by atoms with E-state index >= 15 is 0 Å². The van der Waals surface area contributed by atoms with Gasteiger partial charge in [0.1, 0.15) is 5.75 Å². The van der Waals surface area contributed by atoms with E-state index in [1.54, 1.807) is 7.11 Å². The fourth-order valence-electron chi connectivity index (χ4n) is 3.46. The molecule has 0 atom stereocenters. The van der Waals surface area contributed by atoms with Gasteiger partial charge in [-0.3, -0.25) is 0 Å². The van der Waals surface area contributed by atoms with E-state index in [9.17, 15) is 0 Å². The highest BCUT2D eigenvalue weighted by atomic mass is 16.5. The molecule has 1 aliphatic rings. The van der Waals surface area contributed by atoms with Gasteiger partial charge >= 0.3 is 0 Å². The average Bonchev–Trinajstić information content (AvgIpc) is 2.75. The lowest BCUT2D eigenvalue weighted by Crippen LogP contribution is -1.95. The van der Waals surface area contributed by atoms with Crippen LogP contribution in [-0.2, 0) is 6.42 Å². The van der Waals surface area contributed by atoms with Crippen molar-refractivity contribution in [2.75, 3.05) is 7.11 Å². The summed E-state index contributed by atoms with van der Waals surface area (Å²) in [6.07, 6.45) is 5.82. The van der Waals surface area contributed by atoms with Crippen molar-refractivity contribution in [1.82, 2.24) is 0 Å². The minimum absolute atomic E-state index is 0.970. The molecule has 0 bridgehead atoms. The van der Waals surface area contributed by atoms with E-state index in [2.05, 4.69) is 55.5 Å². The molecule has 0 aromatic heterocycles. The van der Waals surface area contributed by atoms with Crippen LogP contribution in [0.4, 0.5) is 0 Å². The van der Waals surface area contributed by atoms with Gasteiger partial charge in [-0.25, -0.2) is 0 Å². The zero-order valence-corrected chi connectivity index (χ0v) is 13.6. The van der Waals surface area contributed by atoms with E-state index in [0.29, 0.717) is 0 Å². The van der Waals surface area contributed by atoms with Crippen molar-refractivity contribution in [2.45, 2.75) is 39.0 Å². The van der Waals surface area contributed by atoms with Crippen LogP contribution in [0.15, 0.2) is 48.5 Å². The van der Waals surface area contributed by atoms with Crippen LogP contribution in [0.3, 0.4) is 0 Å². The van der Waals surface area contributed by atoms with Crippen LogP contribution in [0.1, 0.15) is 49.3 Å². The molecule has 114 valence electrons. The first-order valence-electron chi connectivity index (χ1n) is 8.28. The van der Waals surface area contributed by atoms with Crippen LogP contribution >= 0.6 is 0 Å². The Bertz CT molecular complexity index is 668. The molecule has 0 radical (unpaired) electrons. The molecule has 0 fully saturated rings. The van der Waals surface area contributed by atoms with Gasteiger partial charge in [0.15, 0.2) is 0 Å². The Morgan fingerprint density at radius 2 is 1.82 bits per heavy atom. The lowest BCUT2D eigenvalue weighted by Gasteiger charge is -2.16. The molecule has 3 rings (SSSR count). The maximum Gasteiger partial charge on any atom is 0.119 e. The molecule has 0 spiro atoms. The Hall–Kier alpha value is -2.02. The third-order valence-corrected chi connectivity index (χ3v) is 4.50. The average molecular weight is 292 g/mol. The van der Waals surface area contributed by atoms with Crippen molar-refractivity contribution in [1.29, 1.82) is 0 Å². The van der Waals surface area contributed by atoms with Gasteiger partial charge in [0.25, 0.3) is 0 Å². The summed E-state index contributed by atoms with van der Waals surface area (Å²) >= 11 is 0. The van der Waals surface area contributed by atoms with E-state index in [1.165, 1.54) is 40.7 Å². The number of methoxy groups -OCH3 is 1. The second kappa shape index (κ2) is 6.83. The predicted octanol–water partition coefficient (Wildman–Crippen LogP) is 5.74. The van der Waals surface area contributed by atoms with E-state index in [-0.39, 0.29) is 0 Å². The summed E-state index contributed by atoms with van der Waals surface area (Å²) < 4.78 is 5.41. The Labute approximate surface area is 133 Å². The Kier molecular flexibility index (Phi) is 4.62. The number of hydrogen-bond acceptors (Lipinski definition) is 1. The lowest BCUT2D eigenvalue weighted by molar-refractivity contribution is 0.414. The molecule has 1 heteroatoms. The second-order valence-corrected chi connectivity index (χ2v) is 5.95. The smallest absolute Gasteiger partial charge is 0.119 e. The molecule has 0 aliphatic heterocycles. The molecule has 0 amide bonds. The van der Waals surface area contributed by atoms with Crippen LogP contribution in [0.25, 0.3) is 11.1 Å². The van der Waals surface area contributed by atoms with E-state index in [4.69, 9.17) is 4.74 Å². The molecule has 2 aromatic carbocycles. The van der Waals surface area contributed by atoms with Crippen LogP contribution in [-0.4, -0.2) is 7.11 Å². The van der Waals surface area contributed by atoms with Gasteiger partial charge < -0.3 is 4.74 Å². The molecular formula is C21H24O. The van der Waals surface area contributed by atoms with Gasteiger partial charge in [0.2, 0.25) is 0 Å². The third kappa shape index (κ3) is 2.94. The van der Waals surface area contributed by atoms with E-state index < -0.39 is 0 Å². The quantitative estimate of drug-likeness (QED) is 0.698. The van der Waals surface area contributed by atoms with Crippen molar-refractivity contribution in [3.8, 4) is 5.75 Å². The molecule has 0 saturated carbocycles. The fourth-order valence-corrected chi connectivity index (χ4v) is 3.46. The van der Waals surface area contributed by atoms with Crippen LogP contribution < -0.4 is 4.74 Å². The number of allylic oxidation sites excluding steroid dienone is 2. The zero-order valence-electron chi connectivity index (χ0n) is 13.6. The molecule has 0 saturated heterocycles. The molecular weight excluding hydrogens is 268 g/mol. The Morgan fingerprint density at radius 3 is 2.55 bits per heavy atom. The minimum Gasteiger partial charge on any atom is -0.497 e. The first kappa shape index (κ1) is 14.9. The molecule has 0 unspecified atom stereocenters. The van der Waals surface area contributed by atoms with E-state index in [0.717, 1.165) is 25.0 Å². The minimum atomic E-state index is 0.970. The summed E-state index contributed by atoms with van der Waals surface area (Å²) in [4.78, 5) is 0. The Balaban J connectivity index is 2.15. The molecule has 2 aromatic rings. The maximum atomic E-state index is 5.41. The van der Waals surface area contributed by atoms with Crippen molar-refractivity contribution in [2.24, 2.45) is 0 Å². The number of ether oxygens (including phenoxy) is 1. The highest BCUT2D eigenvalue weighted by molar-refractivity contribution is 5.92. The van der Waals surface area contributed by atoms with Crippen molar-refractivity contribution >= 4 is 11.1 Å². The topological polar surface area (TPSA) is 9.23 Å². The summed E-state index contributed by atoms with van der Waals surface area (Å²) in [6, 6.07) is 17.5. The third-order valence-electron chi connectivity index (χ3n) is 4.50. The molecule has 22 heavy (non-hydrogen) atoms. The molecule has 1 aliphatic carbocycles. The summed E-state index contributed by atoms with van der Waals surface area (Å²) in [7, 11) is 1.75. The van der Waals surface area contributed by atoms with Gasteiger partial charge in [-0.05, 0) is 65.7 Å². The largest absolute Gasteiger partial charge is 0.497 e. The van der Waals surface area contributed by atoms with Crippen LogP contribution in [0.5, 0.6) is 5.75 Å². The summed E-state index contributed by atoms with van der Waals surface area (Å²) in [6.45, 7) is 2.27. The maximum absolute atomic E-state index is 5.41.